The molecular weight excluding hydrogens is 402 g/mol. The molecule has 8 heteroatoms. The van der Waals surface area contributed by atoms with Crippen molar-refractivity contribution in [1.82, 2.24) is 10.2 Å². The van der Waals surface area contributed by atoms with E-state index in [1.54, 1.807) is 36.6 Å². The number of thioether (sulfide) groups is 1. The zero-order chi connectivity index (χ0) is 20.9. The number of aryl methyl sites for hydroxylation is 2. The number of hydrogen-bond donors (Lipinski definition) is 1. The molecule has 0 unspecified atom stereocenters. The second kappa shape index (κ2) is 8.87. The summed E-state index contributed by atoms with van der Waals surface area (Å²) in [6, 6.07) is 16.8. The van der Waals surface area contributed by atoms with Crippen molar-refractivity contribution in [2.45, 2.75) is 19.1 Å². The Labute approximate surface area is 177 Å². The summed E-state index contributed by atoms with van der Waals surface area (Å²) >= 11 is 1.17. The zero-order valence-corrected chi connectivity index (χ0v) is 17.2. The van der Waals surface area contributed by atoms with Crippen molar-refractivity contribution in [2.24, 2.45) is 0 Å². The zero-order valence-electron chi connectivity index (χ0n) is 16.4. The summed E-state index contributed by atoms with van der Waals surface area (Å²) in [5.74, 6) is 2.49. The molecule has 30 heavy (non-hydrogen) atoms. The first-order chi connectivity index (χ1) is 14.6. The van der Waals surface area contributed by atoms with Crippen LogP contribution >= 0.6 is 11.8 Å². The van der Waals surface area contributed by atoms with E-state index in [-0.39, 0.29) is 11.7 Å². The molecule has 0 bridgehead atoms. The number of rotatable bonds is 7. The van der Waals surface area contributed by atoms with Crippen LogP contribution in [0.5, 0.6) is 11.5 Å². The lowest BCUT2D eigenvalue weighted by atomic mass is 10.2. The molecule has 0 saturated heterocycles. The van der Waals surface area contributed by atoms with E-state index >= 15 is 0 Å². The third kappa shape index (κ3) is 4.90. The summed E-state index contributed by atoms with van der Waals surface area (Å²) in [7, 11) is 0. The van der Waals surface area contributed by atoms with E-state index in [2.05, 4.69) is 15.5 Å². The Hall–Kier alpha value is -3.52. The monoisotopic (exact) mass is 421 g/mol. The number of furan rings is 1. The maximum Gasteiger partial charge on any atom is 0.277 e. The van der Waals surface area contributed by atoms with Gasteiger partial charge in [0.1, 0.15) is 17.3 Å². The van der Waals surface area contributed by atoms with Crippen molar-refractivity contribution in [1.29, 1.82) is 0 Å². The molecule has 0 aliphatic heterocycles. The summed E-state index contributed by atoms with van der Waals surface area (Å²) in [5, 5.41) is 11.1. The number of carbonyl (C=O) groups excluding carboxylic acids is 1. The molecule has 0 aliphatic rings. The summed E-state index contributed by atoms with van der Waals surface area (Å²) in [4.78, 5) is 12.2. The van der Waals surface area contributed by atoms with Gasteiger partial charge in [-0.05, 0) is 56.3 Å². The standard InChI is InChI=1S/C22H19N3O4S/c1-14-3-7-17(8-4-14)28-18-9-5-16(6-10-18)23-20(26)13-30-22-25-24-21(29-22)19-11-12-27-15(19)2/h3-12H,13H2,1-2H3,(H,23,26). The number of hydrogen-bond acceptors (Lipinski definition) is 7. The number of ether oxygens (including phenoxy) is 1. The molecule has 2 heterocycles. The number of carbonyl (C=O) groups is 1. The molecule has 0 aliphatic carbocycles. The largest absolute Gasteiger partial charge is 0.469 e. The summed E-state index contributed by atoms with van der Waals surface area (Å²) in [6.07, 6.45) is 1.56. The summed E-state index contributed by atoms with van der Waals surface area (Å²) in [6.45, 7) is 3.84. The lowest BCUT2D eigenvalue weighted by Crippen LogP contribution is -2.13. The average molecular weight is 421 g/mol. The van der Waals surface area contributed by atoms with Gasteiger partial charge in [-0.15, -0.1) is 10.2 Å². The minimum atomic E-state index is -0.175. The van der Waals surface area contributed by atoms with Gasteiger partial charge >= 0.3 is 0 Å². The quantitative estimate of drug-likeness (QED) is 0.396. The fourth-order valence-corrected chi connectivity index (χ4v) is 3.22. The third-order valence-corrected chi connectivity index (χ3v) is 5.04. The normalized spacial score (nSPS) is 10.7. The molecule has 0 radical (unpaired) electrons. The molecular formula is C22H19N3O4S. The first kappa shape index (κ1) is 19.8. The van der Waals surface area contributed by atoms with Crippen LogP contribution in [0.1, 0.15) is 11.3 Å². The number of anilines is 1. The van der Waals surface area contributed by atoms with Gasteiger partial charge in [-0.2, -0.15) is 0 Å². The van der Waals surface area contributed by atoms with Crippen LogP contribution in [0.15, 0.2) is 74.9 Å². The summed E-state index contributed by atoms with van der Waals surface area (Å²) in [5.41, 5.74) is 2.59. The Balaban J connectivity index is 1.28. The lowest BCUT2D eigenvalue weighted by molar-refractivity contribution is -0.113. The fourth-order valence-electron chi connectivity index (χ4n) is 2.66. The minimum Gasteiger partial charge on any atom is -0.469 e. The second-order valence-corrected chi connectivity index (χ2v) is 7.47. The fraction of sp³-hybridized carbons (Fsp3) is 0.136. The van der Waals surface area contributed by atoms with Gasteiger partial charge in [-0.3, -0.25) is 4.79 Å². The molecule has 4 rings (SSSR count). The van der Waals surface area contributed by atoms with Crippen molar-refractivity contribution in [2.75, 3.05) is 11.1 Å². The van der Waals surface area contributed by atoms with Crippen LogP contribution in [0.4, 0.5) is 5.69 Å². The van der Waals surface area contributed by atoms with E-state index in [1.807, 2.05) is 38.1 Å². The molecule has 4 aromatic rings. The van der Waals surface area contributed by atoms with Crippen LogP contribution in [-0.4, -0.2) is 21.9 Å². The molecule has 1 N–H and O–H groups in total. The molecule has 0 spiro atoms. The van der Waals surface area contributed by atoms with Crippen molar-refractivity contribution < 1.29 is 18.4 Å². The van der Waals surface area contributed by atoms with Crippen molar-refractivity contribution in [3.8, 4) is 23.0 Å². The van der Waals surface area contributed by atoms with E-state index in [9.17, 15) is 4.79 Å². The Bertz CT molecular complexity index is 1130. The van der Waals surface area contributed by atoms with Crippen LogP contribution in [0.3, 0.4) is 0 Å². The molecule has 0 fully saturated rings. The summed E-state index contributed by atoms with van der Waals surface area (Å²) < 4.78 is 16.6. The molecule has 7 nitrogen and oxygen atoms in total. The van der Waals surface area contributed by atoms with E-state index in [0.717, 1.165) is 11.3 Å². The highest BCUT2D eigenvalue weighted by molar-refractivity contribution is 7.99. The van der Waals surface area contributed by atoms with Gasteiger partial charge in [0, 0.05) is 5.69 Å². The predicted octanol–water partition coefficient (Wildman–Crippen LogP) is 5.47. The Morgan fingerprint density at radius 1 is 1.00 bits per heavy atom. The first-order valence-electron chi connectivity index (χ1n) is 9.22. The first-order valence-corrected chi connectivity index (χ1v) is 10.2. The number of aromatic nitrogens is 2. The lowest BCUT2D eigenvalue weighted by Gasteiger charge is -2.08. The number of nitrogens with one attached hydrogen (secondary N) is 1. The van der Waals surface area contributed by atoms with Crippen LogP contribution < -0.4 is 10.1 Å². The number of amides is 1. The van der Waals surface area contributed by atoms with Gasteiger partial charge in [-0.1, -0.05) is 29.5 Å². The highest BCUT2D eigenvalue weighted by Gasteiger charge is 2.14. The van der Waals surface area contributed by atoms with E-state index in [4.69, 9.17) is 13.6 Å². The number of benzene rings is 2. The van der Waals surface area contributed by atoms with Gasteiger partial charge < -0.3 is 18.9 Å². The molecule has 0 atom stereocenters. The number of nitrogens with zero attached hydrogens (tertiary/aromatic N) is 2. The van der Waals surface area contributed by atoms with Crippen molar-refractivity contribution >= 4 is 23.4 Å². The Kier molecular flexibility index (Phi) is 5.85. The Morgan fingerprint density at radius 3 is 2.37 bits per heavy atom. The van der Waals surface area contributed by atoms with Crippen LogP contribution in [0, 0.1) is 13.8 Å². The van der Waals surface area contributed by atoms with Crippen LogP contribution in [-0.2, 0) is 4.79 Å². The molecule has 2 aromatic heterocycles. The van der Waals surface area contributed by atoms with Gasteiger partial charge in [0.05, 0.1) is 17.6 Å². The van der Waals surface area contributed by atoms with E-state index in [0.29, 0.717) is 28.3 Å². The SMILES string of the molecule is Cc1ccc(Oc2ccc(NC(=O)CSc3nnc(-c4ccoc4C)o3)cc2)cc1. The van der Waals surface area contributed by atoms with Crippen molar-refractivity contribution in [3.63, 3.8) is 0 Å². The molecule has 2 aromatic carbocycles. The van der Waals surface area contributed by atoms with Gasteiger partial charge in [0.25, 0.3) is 11.1 Å². The van der Waals surface area contributed by atoms with Crippen LogP contribution in [0.2, 0.25) is 0 Å². The second-order valence-electron chi connectivity index (χ2n) is 6.54. The highest BCUT2D eigenvalue weighted by atomic mass is 32.2. The van der Waals surface area contributed by atoms with Crippen LogP contribution in [0.25, 0.3) is 11.5 Å². The third-order valence-electron chi connectivity index (χ3n) is 4.22. The topological polar surface area (TPSA) is 90.4 Å². The van der Waals surface area contributed by atoms with Gasteiger partial charge in [0.15, 0.2) is 0 Å². The van der Waals surface area contributed by atoms with Gasteiger partial charge in [-0.25, -0.2) is 0 Å². The Morgan fingerprint density at radius 2 is 1.70 bits per heavy atom. The maximum absolute atomic E-state index is 12.2. The highest BCUT2D eigenvalue weighted by Crippen LogP contribution is 2.27. The minimum absolute atomic E-state index is 0.146. The predicted molar refractivity (Wildman–Crippen MR) is 114 cm³/mol. The molecule has 152 valence electrons. The maximum atomic E-state index is 12.2. The smallest absolute Gasteiger partial charge is 0.277 e. The van der Waals surface area contributed by atoms with Crippen molar-refractivity contribution in [3.05, 3.63) is 72.2 Å². The molecule has 1 amide bonds. The van der Waals surface area contributed by atoms with E-state index in [1.165, 1.54) is 17.3 Å². The average Bonchev–Trinajstić information content (AvgIpc) is 3.38. The van der Waals surface area contributed by atoms with E-state index < -0.39 is 0 Å². The van der Waals surface area contributed by atoms with Gasteiger partial charge in [0.2, 0.25) is 5.91 Å². The molecule has 0 saturated carbocycles.